The smallest absolute Gasteiger partial charge is 0.00145 e. The predicted octanol–water partition coefficient (Wildman–Crippen LogP) is 4.28. The molecule has 1 radical (unpaired) electrons. The minimum atomic E-state index is 1.25. The fraction of sp³-hybridized carbons (Fsp3) is 0. The maximum Gasteiger partial charge on any atom is -0.00145 e. The third kappa shape index (κ3) is 0.892. The van der Waals surface area contributed by atoms with Crippen LogP contribution in [0.3, 0.4) is 0 Å². The summed E-state index contributed by atoms with van der Waals surface area (Å²) in [5, 5.41) is 5.19. The van der Waals surface area contributed by atoms with E-state index in [2.05, 4.69) is 54.6 Å². The van der Waals surface area contributed by atoms with Gasteiger partial charge in [-0.3, -0.25) is 0 Å². The second-order valence-corrected chi connectivity index (χ2v) is 4.20. The van der Waals surface area contributed by atoms with Crippen molar-refractivity contribution in [3.8, 4) is 0 Å². The molecule has 0 aromatic heterocycles. The molecule has 0 spiro atoms. The minimum Gasteiger partial charge on any atom is -0.0616 e. The fourth-order valence-electron chi connectivity index (χ4n) is 2.58. The molecule has 0 saturated carbocycles. The molecule has 0 N–H and O–H groups in total. The first-order valence-electron chi connectivity index (χ1n) is 5.48. The first-order valence-corrected chi connectivity index (χ1v) is 5.48. The molecular weight excluding hydrogens is 192 g/mol. The van der Waals surface area contributed by atoms with Gasteiger partial charge in [0.15, 0.2) is 0 Å². The summed E-state index contributed by atoms with van der Waals surface area (Å²) in [5.41, 5.74) is 2.63. The van der Waals surface area contributed by atoms with Crippen LogP contribution in [-0.2, 0) is 0 Å². The summed E-state index contributed by atoms with van der Waals surface area (Å²) in [6.07, 6.45) is 4.38. The first kappa shape index (κ1) is 8.12. The SMILES string of the molecule is [c]1ccc2c3c(cc4ccccc4c13)C=C2. The summed E-state index contributed by atoms with van der Waals surface area (Å²) in [4.78, 5) is 0. The Balaban J connectivity index is 2.39. The molecule has 16 heavy (non-hydrogen) atoms. The van der Waals surface area contributed by atoms with Gasteiger partial charge in [-0.05, 0) is 44.8 Å². The summed E-state index contributed by atoms with van der Waals surface area (Å²) in [7, 11) is 0. The number of hydrogen-bond acceptors (Lipinski definition) is 0. The Labute approximate surface area is 93.8 Å². The lowest BCUT2D eigenvalue weighted by Crippen LogP contribution is -1.81. The lowest BCUT2D eigenvalue weighted by atomic mass is 9.97. The van der Waals surface area contributed by atoms with E-state index < -0.39 is 0 Å². The normalized spacial score (nSPS) is 12.8. The van der Waals surface area contributed by atoms with E-state index in [0.29, 0.717) is 0 Å². The van der Waals surface area contributed by atoms with Crippen LogP contribution in [0.4, 0.5) is 0 Å². The van der Waals surface area contributed by atoms with Crippen molar-refractivity contribution in [1.29, 1.82) is 0 Å². The van der Waals surface area contributed by atoms with E-state index in [1.807, 2.05) is 6.07 Å². The van der Waals surface area contributed by atoms with Crippen molar-refractivity contribution in [2.45, 2.75) is 0 Å². The molecule has 4 rings (SSSR count). The fourth-order valence-corrected chi connectivity index (χ4v) is 2.58. The molecule has 0 unspecified atom stereocenters. The Morgan fingerprint density at radius 2 is 1.75 bits per heavy atom. The number of hydrogen-bond donors (Lipinski definition) is 0. The molecule has 0 heterocycles. The summed E-state index contributed by atoms with van der Waals surface area (Å²) < 4.78 is 0. The van der Waals surface area contributed by atoms with E-state index >= 15 is 0 Å². The van der Waals surface area contributed by atoms with Crippen LogP contribution in [0, 0.1) is 6.07 Å². The highest BCUT2D eigenvalue weighted by Crippen LogP contribution is 2.35. The summed E-state index contributed by atoms with van der Waals surface area (Å²) in [6, 6.07) is 18.3. The molecule has 1 aliphatic rings. The second kappa shape index (κ2) is 2.73. The molecule has 0 nitrogen and oxygen atoms in total. The molecule has 3 aromatic rings. The van der Waals surface area contributed by atoms with Crippen molar-refractivity contribution in [2.24, 2.45) is 0 Å². The maximum absolute atomic E-state index is 3.38. The summed E-state index contributed by atoms with van der Waals surface area (Å²) >= 11 is 0. The second-order valence-electron chi connectivity index (χ2n) is 4.20. The molecular formula is C16H9. The number of benzene rings is 3. The van der Waals surface area contributed by atoms with Gasteiger partial charge in [0.05, 0.1) is 0 Å². The van der Waals surface area contributed by atoms with Crippen LogP contribution in [0.15, 0.2) is 42.5 Å². The van der Waals surface area contributed by atoms with Gasteiger partial charge >= 0.3 is 0 Å². The van der Waals surface area contributed by atoms with E-state index in [-0.39, 0.29) is 0 Å². The van der Waals surface area contributed by atoms with E-state index in [1.165, 1.54) is 32.7 Å². The van der Waals surface area contributed by atoms with Crippen LogP contribution < -0.4 is 0 Å². The Bertz CT molecular complexity index is 748. The van der Waals surface area contributed by atoms with Crippen molar-refractivity contribution in [3.63, 3.8) is 0 Å². The lowest BCUT2D eigenvalue weighted by Gasteiger charge is -2.06. The van der Waals surface area contributed by atoms with E-state index in [0.717, 1.165) is 0 Å². The Kier molecular flexibility index (Phi) is 1.39. The minimum absolute atomic E-state index is 1.25. The molecule has 0 aliphatic heterocycles. The molecule has 1 aliphatic carbocycles. The van der Waals surface area contributed by atoms with Crippen molar-refractivity contribution in [3.05, 3.63) is 59.7 Å². The maximum atomic E-state index is 3.38. The van der Waals surface area contributed by atoms with Crippen LogP contribution in [0.1, 0.15) is 11.1 Å². The monoisotopic (exact) mass is 201 g/mol. The number of fused-ring (bicyclic) bond motifs is 2. The Morgan fingerprint density at radius 1 is 0.875 bits per heavy atom. The zero-order valence-electron chi connectivity index (χ0n) is 8.70. The van der Waals surface area contributed by atoms with Crippen LogP contribution in [0.5, 0.6) is 0 Å². The van der Waals surface area contributed by atoms with Gasteiger partial charge in [-0.2, -0.15) is 0 Å². The molecule has 73 valence electrons. The van der Waals surface area contributed by atoms with E-state index in [4.69, 9.17) is 0 Å². The van der Waals surface area contributed by atoms with Crippen molar-refractivity contribution in [1.82, 2.24) is 0 Å². The summed E-state index contributed by atoms with van der Waals surface area (Å²) in [5.74, 6) is 0. The zero-order chi connectivity index (χ0) is 10.5. The van der Waals surface area contributed by atoms with Gasteiger partial charge < -0.3 is 0 Å². The molecule has 0 bridgehead atoms. The molecule has 0 heteroatoms. The van der Waals surface area contributed by atoms with Crippen LogP contribution in [0.2, 0.25) is 0 Å². The zero-order valence-corrected chi connectivity index (χ0v) is 8.70. The van der Waals surface area contributed by atoms with Crippen molar-refractivity contribution in [2.75, 3.05) is 0 Å². The van der Waals surface area contributed by atoms with Crippen LogP contribution in [-0.4, -0.2) is 0 Å². The van der Waals surface area contributed by atoms with Gasteiger partial charge in [-0.25, -0.2) is 0 Å². The standard InChI is InChI=1S/C16H9/c1-2-6-14-12(4-1)10-13-9-8-11-5-3-7-15(14)16(11)13/h1-6,8-10H. The topological polar surface area (TPSA) is 0 Å². The molecule has 0 fully saturated rings. The highest BCUT2D eigenvalue weighted by molar-refractivity contribution is 6.16. The highest BCUT2D eigenvalue weighted by Gasteiger charge is 2.11. The highest BCUT2D eigenvalue weighted by atomic mass is 14.1. The largest absolute Gasteiger partial charge is 0.0616 e. The summed E-state index contributed by atoms with van der Waals surface area (Å²) in [6.45, 7) is 0. The van der Waals surface area contributed by atoms with Crippen LogP contribution in [0.25, 0.3) is 33.7 Å². The van der Waals surface area contributed by atoms with Gasteiger partial charge in [-0.15, -0.1) is 0 Å². The quantitative estimate of drug-likeness (QED) is 0.372. The molecule has 0 atom stereocenters. The van der Waals surface area contributed by atoms with E-state index in [1.54, 1.807) is 0 Å². The Hall–Kier alpha value is -2.08. The number of rotatable bonds is 0. The Morgan fingerprint density at radius 3 is 2.75 bits per heavy atom. The van der Waals surface area contributed by atoms with Crippen molar-refractivity contribution >= 4 is 33.7 Å². The molecule has 0 amide bonds. The third-order valence-electron chi connectivity index (χ3n) is 3.30. The van der Waals surface area contributed by atoms with Gasteiger partial charge in [0.25, 0.3) is 0 Å². The molecule has 0 saturated heterocycles. The van der Waals surface area contributed by atoms with Gasteiger partial charge in [-0.1, -0.05) is 48.6 Å². The van der Waals surface area contributed by atoms with Crippen molar-refractivity contribution < 1.29 is 0 Å². The third-order valence-corrected chi connectivity index (χ3v) is 3.30. The van der Waals surface area contributed by atoms with Gasteiger partial charge in [0, 0.05) is 0 Å². The van der Waals surface area contributed by atoms with Crippen LogP contribution >= 0.6 is 0 Å². The lowest BCUT2D eigenvalue weighted by molar-refractivity contribution is 1.73. The van der Waals surface area contributed by atoms with E-state index in [9.17, 15) is 0 Å². The van der Waals surface area contributed by atoms with Gasteiger partial charge in [0.1, 0.15) is 0 Å². The average molecular weight is 201 g/mol. The molecule has 3 aromatic carbocycles. The van der Waals surface area contributed by atoms with Gasteiger partial charge in [0.2, 0.25) is 0 Å². The predicted molar refractivity (Wildman–Crippen MR) is 69.2 cm³/mol. The first-order chi connectivity index (χ1) is 7.93. The average Bonchev–Trinajstić information content (AvgIpc) is 2.75.